The molecular formula is C10H10F5NO. The molecule has 0 aliphatic rings. The Kier molecular flexibility index (Phi) is 4.14. The first kappa shape index (κ1) is 13.5. The maximum absolute atomic E-state index is 13.1. The van der Waals surface area contributed by atoms with Crippen molar-refractivity contribution in [2.45, 2.75) is 19.0 Å². The molecule has 0 aliphatic heterocycles. The van der Waals surface area contributed by atoms with Gasteiger partial charge in [0.05, 0.1) is 6.61 Å². The number of nitrogen functional groups attached to an aromatic ring is 1. The van der Waals surface area contributed by atoms with Crippen LogP contribution in [0.4, 0.5) is 27.6 Å². The fourth-order valence-electron chi connectivity index (χ4n) is 1.16. The predicted molar refractivity (Wildman–Crippen MR) is 51.6 cm³/mol. The van der Waals surface area contributed by atoms with Gasteiger partial charge in [-0.2, -0.15) is 13.2 Å². The molecule has 0 saturated carbocycles. The average molecular weight is 255 g/mol. The quantitative estimate of drug-likeness (QED) is 0.509. The third-order valence-electron chi connectivity index (χ3n) is 1.87. The van der Waals surface area contributed by atoms with Gasteiger partial charge in [-0.3, -0.25) is 0 Å². The maximum Gasteiger partial charge on any atom is 0.389 e. The summed E-state index contributed by atoms with van der Waals surface area (Å²) in [5.74, 6) is -2.77. The molecule has 0 heterocycles. The predicted octanol–water partition coefficient (Wildman–Crippen LogP) is 3.27. The lowest BCUT2D eigenvalue weighted by Gasteiger charge is -2.10. The molecular weight excluding hydrogens is 245 g/mol. The molecule has 0 amide bonds. The maximum atomic E-state index is 13.1. The number of halogens is 5. The first-order valence-electron chi connectivity index (χ1n) is 4.73. The van der Waals surface area contributed by atoms with E-state index in [1.54, 1.807) is 0 Å². The minimum absolute atomic E-state index is 0.123. The number of nitrogens with two attached hydrogens (primary N) is 1. The van der Waals surface area contributed by atoms with Crippen LogP contribution in [-0.4, -0.2) is 12.8 Å². The Bertz CT molecular complexity index is 368. The highest BCUT2D eigenvalue weighted by Crippen LogP contribution is 2.25. The molecule has 7 heteroatoms. The van der Waals surface area contributed by atoms with Crippen LogP contribution >= 0.6 is 0 Å². The normalized spacial score (nSPS) is 11.6. The van der Waals surface area contributed by atoms with Gasteiger partial charge < -0.3 is 10.5 Å². The molecule has 0 unspecified atom stereocenters. The van der Waals surface area contributed by atoms with E-state index in [2.05, 4.69) is 4.74 Å². The molecule has 17 heavy (non-hydrogen) atoms. The Labute approximate surface area is 94.2 Å². The van der Waals surface area contributed by atoms with Crippen LogP contribution in [-0.2, 0) is 0 Å². The van der Waals surface area contributed by atoms with Crippen molar-refractivity contribution in [1.29, 1.82) is 0 Å². The standard InChI is InChI=1S/C10H10F5NO/c11-7-4-6(16)5-8(12)9(7)17-3-1-2-10(13,14)15/h4-5H,1-3,16H2. The van der Waals surface area contributed by atoms with E-state index in [-0.39, 0.29) is 12.1 Å². The second-order valence-electron chi connectivity index (χ2n) is 3.38. The van der Waals surface area contributed by atoms with Crippen molar-refractivity contribution in [3.8, 4) is 5.75 Å². The van der Waals surface area contributed by atoms with E-state index in [4.69, 9.17) is 5.73 Å². The summed E-state index contributed by atoms with van der Waals surface area (Å²) in [7, 11) is 0. The second kappa shape index (κ2) is 5.20. The van der Waals surface area contributed by atoms with Crippen LogP contribution in [0.15, 0.2) is 12.1 Å². The average Bonchev–Trinajstić information content (AvgIpc) is 2.13. The van der Waals surface area contributed by atoms with Gasteiger partial charge in [0.2, 0.25) is 0 Å². The zero-order chi connectivity index (χ0) is 13.1. The van der Waals surface area contributed by atoms with Crippen LogP contribution in [0, 0.1) is 11.6 Å². The molecule has 96 valence electrons. The van der Waals surface area contributed by atoms with E-state index in [0.717, 1.165) is 12.1 Å². The fraction of sp³-hybridized carbons (Fsp3) is 0.400. The number of hydrogen-bond donors (Lipinski definition) is 1. The summed E-state index contributed by atoms with van der Waals surface area (Å²) >= 11 is 0. The second-order valence-corrected chi connectivity index (χ2v) is 3.38. The van der Waals surface area contributed by atoms with Crippen LogP contribution in [0.3, 0.4) is 0 Å². The van der Waals surface area contributed by atoms with Crippen LogP contribution in [0.2, 0.25) is 0 Å². The molecule has 0 fully saturated rings. The zero-order valence-corrected chi connectivity index (χ0v) is 8.65. The van der Waals surface area contributed by atoms with Crippen molar-refractivity contribution in [1.82, 2.24) is 0 Å². The first-order chi connectivity index (χ1) is 7.79. The summed E-state index contributed by atoms with van der Waals surface area (Å²) < 4.78 is 66.1. The van der Waals surface area contributed by atoms with Gasteiger partial charge in [0.1, 0.15) is 0 Å². The fourth-order valence-corrected chi connectivity index (χ4v) is 1.16. The van der Waals surface area contributed by atoms with Gasteiger partial charge in [0.25, 0.3) is 0 Å². The van der Waals surface area contributed by atoms with Gasteiger partial charge in [0.15, 0.2) is 17.4 Å². The summed E-state index contributed by atoms with van der Waals surface area (Å²) in [6, 6.07) is 1.67. The Morgan fingerprint density at radius 3 is 2.12 bits per heavy atom. The third-order valence-corrected chi connectivity index (χ3v) is 1.87. The van der Waals surface area contributed by atoms with Gasteiger partial charge in [-0.05, 0) is 6.42 Å². The molecule has 2 N–H and O–H groups in total. The Hall–Kier alpha value is -1.53. The molecule has 0 aliphatic carbocycles. The lowest BCUT2D eigenvalue weighted by atomic mass is 10.2. The van der Waals surface area contributed by atoms with E-state index in [9.17, 15) is 22.0 Å². The van der Waals surface area contributed by atoms with Gasteiger partial charge in [0, 0.05) is 24.2 Å². The van der Waals surface area contributed by atoms with Crippen molar-refractivity contribution < 1.29 is 26.7 Å². The lowest BCUT2D eigenvalue weighted by molar-refractivity contribution is -0.136. The van der Waals surface area contributed by atoms with Crippen molar-refractivity contribution in [3.63, 3.8) is 0 Å². The number of alkyl halides is 3. The van der Waals surface area contributed by atoms with Crippen molar-refractivity contribution in [2.24, 2.45) is 0 Å². The first-order valence-corrected chi connectivity index (χ1v) is 4.73. The number of ether oxygens (including phenoxy) is 1. The smallest absolute Gasteiger partial charge is 0.389 e. The van der Waals surface area contributed by atoms with Crippen molar-refractivity contribution in [3.05, 3.63) is 23.8 Å². The molecule has 0 spiro atoms. The SMILES string of the molecule is Nc1cc(F)c(OCCCC(F)(F)F)c(F)c1. The Morgan fingerprint density at radius 1 is 1.12 bits per heavy atom. The van der Waals surface area contributed by atoms with Crippen LogP contribution in [0.5, 0.6) is 5.75 Å². The lowest BCUT2D eigenvalue weighted by Crippen LogP contribution is -2.10. The number of benzene rings is 1. The third kappa shape index (κ3) is 4.46. The van der Waals surface area contributed by atoms with Crippen LogP contribution in [0.1, 0.15) is 12.8 Å². The Balaban J connectivity index is 2.53. The minimum atomic E-state index is -4.30. The highest BCUT2D eigenvalue weighted by atomic mass is 19.4. The van der Waals surface area contributed by atoms with Crippen molar-refractivity contribution in [2.75, 3.05) is 12.3 Å². The summed E-state index contributed by atoms with van der Waals surface area (Å²) in [5.41, 5.74) is 5.03. The topological polar surface area (TPSA) is 35.2 Å². The molecule has 2 nitrogen and oxygen atoms in total. The van der Waals surface area contributed by atoms with Gasteiger partial charge in [-0.25, -0.2) is 8.78 Å². The molecule has 0 atom stereocenters. The minimum Gasteiger partial charge on any atom is -0.488 e. The number of anilines is 1. The molecule has 0 aromatic heterocycles. The molecule has 0 radical (unpaired) electrons. The van der Waals surface area contributed by atoms with Gasteiger partial charge >= 0.3 is 6.18 Å². The largest absolute Gasteiger partial charge is 0.488 e. The molecule has 0 bridgehead atoms. The van der Waals surface area contributed by atoms with E-state index in [1.165, 1.54) is 0 Å². The number of rotatable bonds is 4. The summed E-state index contributed by atoms with van der Waals surface area (Å²) in [5, 5.41) is 0. The van der Waals surface area contributed by atoms with Gasteiger partial charge in [-0.1, -0.05) is 0 Å². The monoisotopic (exact) mass is 255 g/mol. The summed E-state index contributed by atoms with van der Waals surface area (Å²) in [6.07, 6.45) is -5.74. The molecule has 1 aromatic rings. The summed E-state index contributed by atoms with van der Waals surface area (Å²) in [6.45, 7) is -0.419. The highest BCUT2D eigenvalue weighted by molar-refractivity contribution is 5.44. The molecule has 1 rings (SSSR count). The Morgan fingerprint density at radius 2 is 1.65 bits per heavy atom. The highest BCUT2D eigenvalue weighted by Gasteiger charge is 2.26. The van der Waals surface area contributed by atoms with E-state index in [0.29, 0.717) is 0 Å². The van der Waals surface area contributed by atoms with Crippen LogP contribution < -0.4 is 10.5 Å². The van der Waals surface area contributed by atoms with E-state index < -0.39 is 36.6 Å². The molecule has 0 saturated heterocycles. The van der Waals surface area contributed by atoms with E-state index in [1.807, 2.05) is 0 Å². The zero-order valence-electron chi connectivity index (χ0n) is 8.65. The van der Waals surface area contributed by atoms with Crippen molar-refractivity contribution >= 4 is 5.69 Å². The summed E-state index contributed by atoms with van der Waals surface area (Å²) in [4.78, 5) is 0. The van der Waals surface area contributed by atoms with Crippen LogP contribution in [0.25, 0.3) is 0 Å². The number of hydrogen-bond acceptors (Lipinski definition) is 2. The van der Waals surface area contributed by atoms with Gasteiger partial charge in [-0.15, -0.1) is 0 Å². The molecule has 1 aromatic carbocycles. The van der Waals surface area contributed by atoms with E-state index >= 15 is 0 Å².